The van der Waals surface area contributed by atoms with Crippen LogP contribution in [0, 0.1) is 0 Å². The van der Waals surface area contributed by atoms with Gasteiger partial charge < -0.3 is 0 Å². The van der Waals surface area contributed by atoms with Gasteiger partial charge in [0.1, 0.15) is 11.0 Å². The van der Waals surface area contributed by atoms with Crippen LogP contribution in [-0.4, -0.2) is 24.6 Å². The van der Waals surface area contributed by atoms with Gasteiger partial charge in [0.15, 0.2) is 5.65 Å². The molecule has 3 aromatic rings. The van der Waals surface area contributed by atoms with Gasteiger partial charge in [-0.2, -0.15) is 18.3 Å². The summed E-state index contributed by atoms with van der Waals surface area (Å²) in [4.78, 5) is 12.0. The Kier molecular flexibility index (Phi) is 3.06. The summed E-state index contributed by atoms with van der Waals surface area (Å²) in [7, 11) is 0. The molecule has 4 rings (SSSR count). The second kappa shape index (κ2) is 4.89. The summed E-state index contributed by atoms with van der Waals surface area (Å²) in [6.07, 6.45) is 1.23. The standard InChI is InChI=1S/C14H9ClF3N5/c15-11-6-23-13(22-11)8(1-2-21-23)9-3-10(9)12-19-4-7(5-20-12)14(16,17)18/h1-2,4-6,9-10H,3H2/t9-,10+/m1/s1. The number of imidazole rings is 1. The molecule has 1 fully saturated rings. The zero-order chi connectivity index (χ0) is 16.2. The molecule has 0 saturated heterocycles. The highest BCUT2D eigenvalue weighted by molar-refractivity contribution is 6.29. The van der Waals surface area contributed by atoms with E-state index in [1.54, 1.807) is 16.9 Å². The molecule has 5 nitrogen and oxygen atoms in total. The van der Waals surface area contributed by atoms with E-state index in [0.717, 1.165) is 24.4 Å². The molecule has 1 aliphatic rings. The Bertz CT molecular complexity index is 874. The van der Waals surface area contributed by atoms with Crippen LogP contribution in [0.4, 0.5) is 13.2 Å². The van der Waals surface area contributed by atoms with Crippen molar-refractivity contribution in [1.29, 1.82) is 0 Å². The number of alkyl halides is 3. The Morgan fingerprint density at radius 3 is 2.61 bits per heavy atom. The minimum atomic E-state index is -4.43. The maximum atomic E-state index is 12.5. The van der Waals surface area contributed by atoms with Gasteiger partial charge in [0.25, 0.3) is 0 Å². The molecule has 2 atom stereocenters. The number of hydrogen-bond donors (Lipinski definition) is 0. The van der Waals surface area contributed by atoms with Crippen molar-refractivity contribution in [3.63, 3.8) is 0 Å². The Hall–Kier alpha value is -2.22. The van der Waals surface area contributed by atoms with Crippen LogP contribution >= 0.6 is 11.6 Å². The van der Waals surface area contributed by atoms with Crippen molar-refractivity contribution in [2.24, 2.45) is 0 Å². The van der Waals surface area contributed by atoms with Gasteiger partial charge >= 0.3 is 6.18 Å². The second-order valence-electron chi connectivity index (χ2n) is 5.39. The maximum absolute atomic E-state index is 12.5. The summed E-state index contributed by atoms with van der Waals surface area (Å²) in [6, 6.07) is 1.84. The van der Waals surface area contributed by atoms with E-state index in [0.29, 0.717) is 16.6 Å². The SMILES string of the molecule is FC(F)(F)c1cnc([C@H]2C[C@@H]2c2ccnn3cc(Cl)nc23)nc1. The highest BCUT2D eigenvalue weighted by Crippen LogP contribution is 2.54. The van der Waals surface area contributed by atoms with Gasteiger partial charge in [0, 0.05) is 30.1 Å². The van der Waals surface area contributed by atoms with Crippen LogP contribution in [0.2, 0.25) is 5.15 Å². The van der Waals surface area contributed by atoms with Gasteiger partial charge in [0.05, 0.1) is 11.8 Å². The molecule has 9 heteroatoms. The number of halogens is 4. The molecule has 3 aromatic heterocycles. The van der Waals surface area contributed by atoms with E-state index in [2.05, 4.69) is 20.1 Å². The first-order valence-electron chi connectivity index (χ1n) is 6.82. The fraction of sp³-hybridized carbons (Fsp3) is 0.286. The van der Waals surface area contributed by atoms with Crippen molar-refractivity contribution < 1.29 is 13.2 Å². The third-order valence-electron chi connectivity index (χ3n) is 3.88. The molecular formula is C14H9ClF3N5. The maximum Gasteiger partial charge on any atom is 0.419 e. The molecule has 0 aromatic carbocycles. The minimum absolute atomic E-state index is 0.0149. The normalized spacial score (nSPS) is 20.9. The van der Waals surface area contributed by atoms with Gasteiger partial charge in [-0.1, -0.05) is 11.6 Å². The smallest absolute Gasteiger partial charge is 0.240 e. The van der Waals surface area contributed by atoms with Crippen LogP contribution in [0.5, 0.6) is 0 Å². The van der Waals surface area contributed by atoms with E-state index in [4.69, 9.17) is 11.6 Å². The molecule has 1 aliphatic carbocycles. The molecule has 0 N–H and O–H groups in total. The van der Waals surface area contributed by atoms with E-state index in [9.17, 15) is 13.2 Å². The van der Waals surface area contributed by atoms with Crippen LogP contribution < -0.4 is 0 Å². The number of fused-ring (bicyclic) bond motifs is 1. The predicted molar refractivity (Wildman–Crippen MR) is 75.1 cm³/mol. The summed E-state index contributed by atoms with van der Waals surface area (Å²) in [6.45, 7) is 0. The Morgan fingerprint density at radius 2 is 1.91 bits per heavy atom. The molecule has 1 saturated carbocycles. The van der Waals surface area contributed by atoms with Gasteiger partial charge in [-0.05, 0) is 18.4 Å². The van der Waals surface area contributed by atoms with E-state index in [-0.39, 0.29) is 11.8 Å². The summed E-state index contributed by atoms with van der Waals surface area (Å²) in [5.74, 6) is 0.505. The van der Waals surface area contributed by atoms with Crippen molar-refractivity contribution in [3.8, 4) is 0 Å². The van der Waals surface area contributed by atoms with Crippen LogP contribution in [0.25, 0.3) is 5.65 Å². The van der Waals surface area contributed by atoms with E-state index in [1.807, 2.05) is 6.07 Å². The highest BCUT2D eigenvalue weighted by Gasteiger charge is 2.43. The minimum Gasteiger partial charge on any atom is -0.240 e. The zero-order valence-corrected chi connectivity index (χ0v) is 12.3. The molecule has 0 spiro atoms. The zero-order valence-electron chi connectivity index (χ0n) is 11.5. The van der Waals surface area contributed by atoms with Crippen molar-refractivity contribution >= 4 is 17.2 Å². The van der Waals surface area contributed by atoms with Gasteiger partial charge in [-0.15, -0.1) is 0 Å². The Balaban J connectivity index is 1.62. The number of aromatic nitrogens is 5. The second-order valence-corrected chi connectivity index (χ2v) is 5.78. The molecule has 118 valence electrons. The molecule has 0 aliphatic heterocycles. The van der Waals surface area contributed by atoms with E-state index >= 15 is 0 Å². The lowest BCUT2D eigenvalue weighted by atomic mass is 10.1. The van der Waals surface area contributed by atoms with Crippen LogP contribution in [0.3, 0.4) is 0 Å². The average molecular weight is 340 g/mol. The fourth-order valence-corrected chi connectivity index (χ4v) is 2.85. The molecular weight excluding hydrogens is 331 g/mol. The lowest BCUT2D eigenvalue weighted by Gasteiger charge is -2.06. The Morgan fingerprint density at radius 1 is 1.17 bits per heavy atom. The summed E-state index contributed by atoms with van der Waals surface area (Å²) in [5.41, 5.74) is 0.752. The van der Waals surface area contributed by atoms with Crippen LogP contribution in [0.15, 0.2) is 30.9 Å². The monoisotopic (exact) mass is 339 g/mol. The number of rotatable bonds is 2. The van der Waals surface area contributed by atoms with Crippen molar-refractivity contribution in [3.05, 3.63) is 53.0 Å². The van der Waals surface area contributed by atoms with Crippen molar-refractivity contribution in [2.45, 2.75) is 24.4 Å². The highest BCUT2D eigenvalue weighted by atomic mass is 35.5. The van der Waals surface area contributed by atoms with Gasteiger partial charge in [0.2, 0.25) is 0 Å². The van der Waals surface area contributed by atoms with Crippen LogP contribution in [-0.2, 0) is 6.18 Å². The van der Waals surface area contributed by atoms with Crippen molar-refractivity contribution in [2.75, 3.05) is 0 Å². The first-order chi connectivity index (χ1) is 10.9. The predicted octanol–water partition coefficient (Wildman–Crippen LogP) is 3.46. The van der Waals surface area contributed by atoms with Gasteiger partial charge in [-0.25, -0.2) is 19.5 Å². The quantitative estimate of drug-likeness (QED) is 0.717. The molecule has 3 heterocycles. The molecule has 0 unspecified atom stereocenters. The molecule has 0 bridgehead atoms. The number of nitrogens with zero attached hydrogens (tertiary/aromatic N) is 5. The topological polar surface area (TPSA) is 56.0 Å². The van der Waals surface area contributed by atoms with Gasteiger partial charge in [-0.3, -0.25) is 0 Å². The number of hydrogen-bond acceptors (Lipinski definition) is 4. The largest absolute Gasteiger partial charge is 0.419 e. The van der Waals surface area contributed by atoms with E-state index in [1.165, 1.54) is 0 Å². The summed E-state index contributed by atoms with van der Waals surface area (Å²) >= 11 is 5.89. The fourth-order valence-electron chi connectivity index (χ4n) is 2.68. The van der Waals surface area contributed by atoms with Crippen LogP contribution in [0.1, 0.15) is 35.2 Å². The lowest BCUT2D eigenvalue weighted by Crippen LogP contribution is -2.07. The first kappa shape index (κ1) is 14.4. The summed E-state index contributed by atoms with van der Waals surface area (Å²) < 4.78 is 39.2. The molecule has 0 radical (unpaired) electrons. The third-order valence-corrected chi connectivity index (χ3v) is 4.06. The van der Waals surface area contributed by atoms with E-state index < -0.39 is 11.7 Å². The average Bonchev–Trinajstić information content (AvgIpc) is 3.20. The molecule has 0 amide bonds. The van der Waals surface area contributed by atoms with Crippen molar-refractivity contribution in [1.82, 2.24) is 24.6 Å². The third kappa shape index (κ3) is 2.52. The first-order valence-corrected chi connectivity index (χ1v) is 7.20. The lowest BCUT2D eigenvalue weighted by molar-refractivity contribution is -0.138. The summed E-state index contributed by atoms with van der Waals surface area (Å²) in [5, 5.41) is 4.46. The Labute approximate surface area is 133 Å². The molecule has 23 heavy (non-hydrogen) atoms.